The van der Waals surface area contributed by atoms with Gasteiger partial charge in [0.25, 0.3) is 0 Å². The molecule has 0 aliphatic heterocycles. The minimum atomic E-state index is -0.881. The number of halogens is 2. The van der Waals surface area contributed by atoms with Crippen LogP contribution in [0.2, 0.25) is 5.02 Å². The maximum absolute atomic E-state index is 12.4. The van der Waals surface area contributed by atoms with E-state index in [0.717, 1.165) is 0 Å². The van der Waals surface area contributed by atoms with Gasteiger partial charge in [0, 0.05) is 16.3 Å². The van der Waals surface area contributed by atoms with Gasteiger partial charge < -0.3 is 19.9 Å². The zero-order chi connectivity index (χ0) is 19.1. The molecule has 2 rings (SSSR count). The van der Waals surface area contributed by atoms with Gasteiger partial charge in [-0.15, -0.1) is 0 Å². The molecule has 136 valence electrons. The van der Waals surface area contributed by atoms with Crippen molar-refractivity contribution >= 4 is 45.8 Å². The molecule has 2 aromatic rings. The molecule has 0 radical (unpaired) electrons. The number of nitrogens with one attached hydrogen (secondary N) is 1. The lowest BCUT2D eigenvalue weighted by Crippen LogP contribution is -2.23. The van der Waals surface area contributed by atoms with Crippen molar-refractivity contribution in [1.82, 2.24) is 0 Å². The summed E-state index contributed by atoms with van der Waals surface area (Å²) in [6.45, 7) is -0.0838. The van der Waals surface area contributed by atoms with Crippen molar-refractivity contribution in [2.75, 3.05) is 25.6 Å². The van der Waals surface area contributed by atoms with Crippen molar-refractivity contribution in [3.63, 3.8) is 0 Å². The maximum atomic E-state index is 12.4. The highest BCUT2D eigenvalue weighted by Crippen LogP contribution is 2.36. The number of nitriles is 1. The number of nitrogens with zero attached hydrogens (tertiary/aromatic N) is 1. The molecule has 1 unspecified atom stereocenters. The molecule has 0 spiro atoms. The number of ether oxygens (including phenoxy) is 2. The summed E-state index contributed by atoms with van der Waals surface area (Å²) in [5, 5.41) is 21.5. The summed E-state index contributed by atoms with van der Waals surface area (Å²) >= 11 is 8.22. The second-order valence-corrected chi connectivity index (χ2v) is 6.77. The number of rotatable bonds is 7. The van der Waals surface area contributed by atoms with Gasteiger partial charge in [0.15, 0.2) is 6.04 Å². The molecule has 0 aliphatic carbocycles. The molecule has 0 aliphatic rings. The van der Waals surface area contributed by atoms with Gasteiger partial charge in [0.2, 0.25) is 0 Å². The van der Waals surface area contributed by atoms with Crippen LogP contribution in [0, 0.1) is 14.9 Å². The number of carbonyl (C=O) groups is 1. The van der Waals surface area contributed by atoms with Crippen molar-refractivity contribution in [3.8, 4) is 11.8 Å². The monoisotopic (exact) mass is 486 g/mol. The molecule has 0 fully saturated rings. The van der Waals surface area contributed by atoms with Crippen LogP contribution in [0.5, 0.6) is 5.75 Å². The van der Waals surface area contributed by atoms with E-state index in [1.54, 1.807) is 36.4 Å². The van der Waals surface area contributed by atoms with Crippen molar-refractivity contribution in [1.29, 1.82) is 5.26 Å². The number of methoxy groups -OCH3 is 1. The Bertz CT molecular complexity index is 821. The molecule has 26 heavy (non-hydrogen) atoms. The van der Waals surface area contributed by atoms with Gasteiger partial charge in [0.05, 0.1) is 28.9 Å². The highest BCUT2D eigenvalue weighted by atomic mass is 127. The van der Waals surface area contributed by atoms with E-state index in [-0.39, 0.29) is 13.2 Å². The van der Waals surface area contributed by atoms with E-state index in [2.05, 4.69) is 27.9 Å². The van der Waals surface area contributed by atoms with Crippen LogP contribution in [0.3, 0.4) is 0 Å². The smallest absolute Gasteiger partial charge is 0.333 e. The van der Waals surface area contributed by atoms with E-state index in [1.807, 2.05) is 6.07 Å². The zero-order valence-electron chi connectivity index (χ0n) is 13.8. The topological polar surface area (TPSA) is 91.6 Å². The predicted molar refractivity (Wildman–Crippen MR) is 106 cm³/mol. The molecular weight excluding hydrogens is 471 g/mol. The summed E-state index contributed by atoms with van der Waals surface area (Å²) < 4.78 is 11.2. The molecule has 8 heteroatoms. The summed E-state index contributed by atoms with van der Waals surface area (Å²) in [6, 6.07) is 11.1. The van der Waals surface area contributed by atoms with E-state index in [0.29, 0.717) is 31.2 Å². The molecule has 0 amide bonds. The summed E-state index contributed by atoms with van der Waals surface area (Å²) in [7, 11) is 1.29. The molecule has 0 saturated carbocycles. The quantitative estimate of drug-likeness (QED) is 0.460. The highest BCUT2D eigenvalue weighted by molar-refractivity contribution is 14.1. The largest absolute Gasteiger partial charge is 0.490 e. The van der Waals surface area contributed by atoms with Crippen LogP contribution < -0.4 is 10.1 Å². The second-order valence-electron chi connectivity index (χ2n) is 5.17. The Hall–Kier alpha value is -2.02. The Morgan fingerprint density at radius 2 is 2.08 bits per heavy atom. The minimum absolute atomic E-state index is 0.0788. The lowest BCUT2D eigenvalue weighted by Gasteiger charge is -2.22. The number of aliphatic hydroxyl groups is 1. The molecular formula is C18H16ClIN2O4. The standard InChI is InChI=1S/C18H16ClIN2O4/c1-25-18(24)16(22-13-4-2-11(10-21)3-5-13)14-8-12(19)9-15(20)17(14)26-7-6-23/h2-5,8-9,16,22-23H,6-7H2,1H3. The first-order valence-corrected chi connectivity index (χ1v) is 9.03. The van der Waals surface area contributed by atoms with Crippen molar-refractivity contribution in [2.45, 2.75) is 6.04 Å². The number of benzene rings is 2. The number of hydrogen-bond donors (Lipinski definition) is 2. The third kappa shape index (κ3) is 5.00. The van der Waals surface area contributed by atoms with Crippen LogP contribution in [0.4, 0.5) is 5.69 Å². The normalized spacial score (nSPS) is 11.3. The summed E-state index contributed by atoms with van der Waals surface area (Å²) in [5.74, 6) is -0.0816. The molecule has 0 aromatic heterocycles. The predicted octanol–water partition coefficient (Wildman–Crippen LogP) is 3.51. The average Bonchev–Trinajstić information content (AvgIpc) is 2.64. The summed E-state index contributed by atoms with van der Waals surface area (Å²) in [6.07, 6.45) is 0. The Kier molecular flexibility index (Phi) is 7.50. The third-order valence-electron chi connectivity index (χ3n) is 3.45. The molecule has 2 N–H and O–H groups in total. The Morgan fingerprint density at radius 3 is 2.65 bits per heavy atom. The molecule has 2 aromatic carbocycles. The van der Waals surface area contributed by atoms with Crippen LogP contribution >= 0.6 is 34.2 Å². The second kappa shape index (κ2) is 9.62. The number of esters is 1. The van der Waals surface area contributed by atoms with E-state index in [9.17, 15) is 4.79 Å². The number of aliphatic hydroxyl groups excluding tert-OH is 1. The van der Waals surface area contributed by atoms with E-state index < -0.39 is 12.0 Å². The Morgan fingerprint density at radius 1 is 1.38 bits per heavy atom. The van der Waals surface area contributed by atoms with Crippen LogP contribution in [-0.4, -0.2) is 31.4 Å². The number of hydrogen-bond acceptors (Lipinski definition) is 6. The van der Waals surface area contributed by atoms with Crippen molar-refractivity contribution < 1.29 is 19.4 Å². The van der Waals surface area contributed by atoms with Crippen LogP contribution in [0.25, 0.3) is 0 Å². The van der Waals surface area contributed by atoms with Gasteiger partial charge in [0.1, 0.15) is 12.4 Å². The van der Waals surface area contributed by atoms with Gasteiger partial charge in [-0.3, -0.25) is 0 Å². The maximum Gasteiger partial charge on any atom is 0.333 e. The van der Waals surface area contributed by atoms with E-state index in [4.69, 9.17) is 31.4 Å². The van der Waals surface area contributed by atoms with Crippen molar-refractivity contribution in [2.24, 2.45) is 0 Å². The first-order chi connectivity index (χ1) is 12.5. The number of anilines is 1. The van der Waals surface area contributed by atoms with Gasteiger partial charge >= 0.3 is 5.97 Å². The van der Waals surface area contributed by atoms with Crippen LogP contribution in [-0.2, 0) is 9.53 Å². The third-order valence-corrected chi connectivity index (χ3v) is 4.47. The molecule has 0 heterocycles. The van der Waals surface area contributed by atoms with E-state index >= 15 is 0 Å². The number of carbonyl (C=O) groups excluding carboxylic acids is 1. The van der Waals surface area contributed by atoms with Crippen LogP contribution in [0.1, 0.15) is 17.2 Å². The average molecular weight is 487 g/mol. The molecule has 6 nitrogen and oxygen atoms in total. The molecule has 1 atom stereocenters. The summed E-state index contributed by atoms with van der Waals surface area (Å²) in [4.78, 5) is 12.4. The first-order valence-electron chi connectivity index (χ1n) is 7.57. The lowest BCUT2D eigenvalue weighted by atomic mass is 10.0. The Labute approximate surface area is 169 Å². The molecule has 0 saturated heterocycles. The summed E-state index contributed by atoms with van der Waals surface area (Å²) in [5.41, 5.74) is 1.63. The van der Waals surface area contributed by atoms with E-state index in [1.165, 1.54) is 7.11 Å². The van der Waals surface area contributed by atoms with Crippen LogP contribution in [0.15, 0.2) is 36.4 Å². The minimum Gasteiger partial charge on any atom is -0.490 e. The fraction of sp³-hybridized carbons (Fsp3) is 0.222. The van der Waals surface area contributed by atoms with Gasteiger partial charge in [-0.05, 0) is 59.0 Å². The Balaban J connectivity index is 2.45. The lowest BCUT2D eigenvalue weighted by molar-refractivity contribution is -0.141. The zero-order valence-corrected chi connectivity index (χ0v) is 16.7. The van der Waals surface area contributed by atoms with Gasteiger partial charge in [-0.25, -0.2) is 4.79 Å². The first kappa shape index (κ1) is 20.3. The highest BCUT2D eigenvalue weighted by Gasteiger charge is 2.27. The fourth-order valence-corrected chi connectivity index (χ4v) is 3.50. The van der Waals surface area contributed by atoms with Gasteiger partial charge in [-0.1, -0.05) is 11.6 Å². The van der Waals surface area contributed by atoms with Crippen molar-refractivity contribution in [3.05, 3.63) is 56.1 Å². The van der Waals surface area contributed by atoms with Gasteiger partial charge in [-0.2, -0.15) is 5.26 Å². The fourth-order valence-electron chi connectivity index (χ4n) is 2.28. The SMILES string of the molecule is COC(=O)C(Nc1ccc(C#N)cc1)c1cc(Cl)cc(I)c1OCCO. The molecule has 0 bridgehead atoms.